The number of hydrogen-bond donors (Lipinski definition) is 0. The van der Waals surface area contributed by atoms with Crippen LogP contribution in [-0.2, 0) is 0 Å². The number of ether oxygens (including phenoxy) is 1. The molecule has 0 aliphatic carbocycles. The molecule has 1 aromatic rings. The lowest BCUT2D eigenvalue weighted by Crippen LogP contribution is -2.01. The van der Waals surface area contributed by atoms with E-state index in [2.05, 4.69) is 55.8 Å². The van der Waals surface area contributed by atoms with E-state index < -0.39 is 0 Å². The molecule has 0 aromatic heterocycles. The van der Waals surface area contributed by atoms with Gasteiger partial charge in [-0.15, -0.1) is 0 Å². The summed E-state index contributed by atoms with van der Waals surface area (Å²) in [6, 6.07) is 4.44. The first kappa shape index (κ1) is 13.6. The lowest BCUT2D eigenvalue weighted by atomic mass is 9.95. The van der Waals surface area contributed by atoms with Gasteiger partial charge in [-0.2, -0.15) is 0 Å². The fourth-order valence-electron chi connectivity index (χ4n) is 1.70. The molecule has 0 amide bonds. The number of rotatable bonds is 4. The van der Waals surface area contributed by atoms with Crippen molar-refractivity contribution in [3.05, 3.63) is 27.7 Å². The minimum Gasteiger partial charge on any atom is -0.492 e. The van der Waals surface area contributed by atoms with Gasteiger partial charge in [-0.1, -0.05) is 33.8 Å². The molecule has 90 valence electrons. The molecule has 0 bridgehead atoms. The van der Waals surface area contributed by atoms with Crippen LogP contribution in [0.15, 0.2) is 16.6 Å². The molecule has 0 aliphatic rings. The van der Waals surface area contributed by atoms with Crippen LogP contribution in [0, 0.1) is 0 Å². The zero-order valence-electron chi connectivity index (χ0n) is 10.8. The SMILES string of the molecule is CCOc1c(Br)cc(C(C)C)cc1C(C)C. The molecule has 0 spiro atoms. The Morgan fingerprint density at radius 1 is 1.12 bits per heavy atom. The monoisotopic (exact) mass is 284 g/mol. The fraction of sp³-hybridized carbons (Fsp3) is 0.571. The third kappa shape index (κ3) is 3.00. The van der Waals surface area contributed by atoms with Crippen molar-refractivity contribution in [3.63, 3.8) is 0 Å². The first-order chi connectivity index (χ1) is 7.47. The quantitative estimate of drug-likeness (QED) is 0.748. The van der Waals surface area contributed by atoms with Gasteiger partial charge < -0.3 is 4.74 Å². The third-order valence-electron chi connectivity index (χ3n) is 2.67. The summed E-state index contributed by atoms with van der Waals surface area (Å²) in [5.41, 5.74) is 2.65. The van der Waals surface area contributed by atoms with Crippen LogP contribution >= 0.6 is 15.9 Å². The van der Waals surface area contributed by atoms with E-state index in [1.807, 2.05) is 6.92 Å². The van der Waals surface area contributed by atoms with Gasteiger partial charge in [0, 0.05) is 0 Å². The van der Waals surface area contributed by atoms with Crippen molar-refractivity contribution in [1.82, 2.24) is 0 Å². The maximum Gasteiger partial charge on any atom is 0.136 e. The van der Waals surface area contributed by atoms with Crippen molar-refractivity contribution in [2.24, 2.45) is 0 Å². The Bertz CT molecular complexity index is 356. The molecule has 16 heavy (non-hydrogen) atoms. The van der Waals surface area contributed by atoms with E-state index in [9.17, 15) is 0 Å². The average Bonchev–Trinajstić information content (AvgIpc) is 2.20. The lowest BCUT2D eigenvalue weighted by Gasteiger charge is -2.18. The number of hydrogen-bond acceptors (Lipinski definition) is 1. The van der Waals surface area contributed by atoms with Crippen LogP contribution in [0.5, 0.6) is 5.75 Å². The fourth-order valence-corrected chi connectivity index (χ4v) is 2.30. The number of benzene rings is 1. The Kier molecular flexibility index (Phi) is 4.85. The lowest BCUT2D eigenvalue weighted by molar-refractivity contribution is 0.333. The first-order valence-electron chi connectivity index (χ1n) is 5.93. The Hall–Kier alpha value is -0.500. The molecular weight excluding hydrogens is 264 g/mol. The minimum atomic E-state index is 0.483. The number of halogens is 1. The second kappa shape index (κ2) is 5.72. The Balaban J connectivity index is 3.27. The highest BCUT2D eigenvalue weighted by Gasteiger charge is 2.14. The van der Waals surface area contributed by atoms with Gasteiger partial charge in [-0.05, 0) is 51.9 Å². The molecule has 0 radical (unpaired) electrons. The Morgan fingerprint density at radius 3 is 2.19 bits per heavy atom. The zero-order chi connectivity index (χ0) is 12.3. The standard InChI is InChI=1S/C14H21BrO/c1-6-16-14-12(10(4)5)7-11(9(2)3)8-13(14)15/h7-10H,6H2,1-5H3. The van der Waals surface area contributed by atoms with Crippen molar-refractivity contribution in [2.45, 2.75) is 46.5 Å². The summed E-state index contributed by atoms with van der Waals surface area (Å²) in [6.45, 7) is 11.6. The second-order valence-electron chi connectivity index (χ2n) is 4.66. The second-order valence-corrected chi connectivity index (χ2v) is 5.52. The van der Waals surface area contributed by atoms with Crippen LogP contribution in [0.2, 0.25) is 0 Å². The van der Waals surface area contributed by atoms with E-state index in [-0.39, 0.29) is 0 Å². The average molecular weight is 285 g/mol. The highest BCUT2D eigenvalue weighted by atomic mass is 79.9. The molecule has 0 heterocycles. The summed E-state index contributed by atoms with van der Waals surface area (Å²) >= 11 is 3.61. The van der Waals surface area contributed by atoms with Gasteiger partial charge in [0.15, 0.2) is 0 Å². The summed E-state index contributed by atoms with van der Waals surface area (Å²) in [5, 5.41) is 0. The zero-order valence-corrected chi connectivity index (χ0v) is 12.4. The van der Waals surface area contributed by atoms with Crippen molar-refractivity contribution in [2.75, 3.05) is 6.61 Å². The Labute approximate surface area is 107 Å². The van der Waals surface area contributed by atoms with E-state index in [4.69, 9.17) is 4.74 Å². The van der Waals surface area contributed by atoms with Crippen LogP contribution in [-0.4, -0.2) is 6.61 Å². The summed E-state index contributed by atoms with van der Waals surface area (Å²) in [4.78, 5) is 0. The maximum absolute atomic E-state index is 5.72. The summed E-state index contributed by atoms with van der Waals surface area (Å²) < 4.78 is 6.79. The van der Waals surface area contributed by atoms with Crippen molar-refractivity contribution >= 4 is 15.9 Å². The van der Waals surface area contributed by atoms with Gasteiger partial charge >= 0.3 is 0 Å². The summed E-state index contributed by atoms with van der Waals surface area (Å²) in [6.07, 6.45) is 0. The first-order valence-corrected chi connectivity index (χ1v) is 6.72. The van der Waals surface area contributed by atoms with Gasteiger partial charge in [0.05, 0.1) is 11.1 Å². The van der Waals surface area contributed by atoms with Crippen LogP contribution < -0.4 is 4.74 Å². The molecule has 0 aliphatic heterocycles. The van der Waals surface area contributed by atoms with Gasteiger partial charge in [0.1, 0.15) is 5.75 Å². The third-order valence-corrected chi connectivity index (χ3v) is 3.26. The van der Waals surface area contributed by atoms with Crippen molar-refractivity contribution in [3.8, 4) is 5.75 Å². The van der Waals surface area contributed by atoms with Crippen LogP contribution in [0.4, 0.5) is 0 Å². The highest BCUT2D eigenvalue weighted by Crippen LogP contribution is 2.37. The minimum absolute atomic E-state index is 0.483. The van der Waals surface area contributed by atoms with Crippen LogP contribution in [0.3, 0.4) is 0 Å². The molecule has 1 aromatic carbocycles. The molecule has 0 saturated heterocycles. The summed E-state index contributed by atoms with van der Waals surface area (Å²) in [7, 11) is 0. The Morgan fingerprint density at radius 2 is 1.75 bits per heavy atom. The summed E-state index contributed by atoms with van der Waals surface area (Å²) in [5.74, 6) is 2.03. The molecule has 1 nitrogen and oxygen atoms in total. The van der Waals surface area contributed by atoms with Crippen LogP contribution in [0.1, 0.15) is 57.6 Å². The molecule has 0 saturated carbocycles. The molecule has 0 atom stereocenters. The van der Waals surface area contributed by atoms with E-state index in [1.165, 1.54) is 11.1 Å². The van der Waals surface area contributed by atoms with Crippen molar-refractivity contribution < 1.29 is 4.74 Å². The molecule has 0 fully saturated rings. The topological polar surface area (TPSA) is 9.23 Å². The molecule has 2 heteroatoms. The van der Waals surface area contributed by atoms with E-state index in [0.29, 0.717) is 18.4 Å². The van der Waals surface area contributed by atoms with Gasteiger partial charge in [-0.3, -0.25) is 0 Å². The molecule has 0 unspecified atom stereocenters. The predicted octanol–water partition coefficient (Wildman–Crippen LogP) is 5.09. The largest absolute Gasteiger partial charge is 0.492 e. The molecular formula is C14H21BrO. The van der Waals surface area contributed by atoms with Crippen molar-refractivity contribution in [1.29, 1.82) is 0 Å². The molecule has 1 rings (SSSR count). The van der Waals surface area contributed by atoms with E-state index in [0.717, 1.165) is 10.2 Å². The van der Waals surface area contributed by atoms with Gasteiger partial charge in [0.25, 0.3) is 0 Å². The molecule has 0 N–H and O–H groups in total. The highest BCUT2D eigenvalue weighted by molar-refractivity contribution is 9.10. The maximum atomic E-state index is 5.72. The predicted molar refractivity (Wildman–Crippen MR) is 73.5 cm³/mol. The van der Waals surface area contributed by atoms with E-state index in [1.54, 1.807) is 0 Å². The van der Waals surface area contributed by atoms with Gasteiger partial charge in [0.2, 0.25) is 0 Å². The smallest absolute Gasteiger partial charge is 0.136 e. The van der Waals surface area contributed by atoms with Crippen LogP contribution in [0.25, 0.3) is 0 Å². The van der Waals surface area contributed by atoms with E-state index >= 15 is 0 Å². The van der Waals surface area contributed by atoms with Gasteiger partial charge in [-0.25, -0.2) is 0 Å². The normalized spacial score (nSPS) is 11.2.